The van der Waals surface area contributed by atoms with Gasteiger partial charge < -0.3 is 10.2 Å². The van der Waals surface area contributed by atoms with Gasteiger partial charge in [-0.15, -0.1) is 0 Å². The van der Waals surface area contributed by atoms with Crippen LogP contribution < -0.4 is 5.32 Å². The number of Topliss-reactive ketones (excluding diaryl/α,β-unsaturated/α-hetero) is 1. The van der Waals surface area contributed by atoms with Crippen LogP contribution in [0.5, 0.6) is 0 Å². The highest BCUT2D eigenvalue weighted by Gasteiger charge is 2.49. The molecule has 0 radical (unpaired) electrons. The van der Waals surface area contributed by atoms with Crippen LogP contribution in [0.15, 0.2) is 30.3 Å². The van der Waals surface area contributed by atoms with E-state index in [4.69, 9.17) is 0 Å². The molecule has 1 aromatic rings. The Morgan fingerprint density at radius 2 is 1.79 bits per heavy atom. The van der Waals surface area contributed by atoms with Gasteiger partial charge in [-0.05, 0) is 18.9 Å². The lowest BCUT2D eigenvalue weighted by Gasteiger charge is -2.40. The summed E-state index contributed by atoms with van der Waals surface area (Å²) in [5.41, 5.74) is -2.45. The summed E-state index contributed by atoms with van der Waals surface area (Å²) in [5, 5.41) is 23.7. The minimum atomic E-state index is -1.77. The Hall–Kier alpha value is -1.23. The Morgan fingerprint density at radius 3 is 2.26 bits per heavy atom. The standard InChI is InChI=1S/C15H23NO3/c1-4-13(17)15(19,5-2)14(3,18)16-11-12-9-7-6-8-10-12/h6-10,16,18-19H,4-5,11H2,1-3H3/t14-,15+/m0/s1. The molecule has 0 spiro atoms. The molecule has 0 aliphatic carbocycles. The van der Waals surface area contributed by atoms with Gasteiger partial charge in [-0.2, -0.15) is 0 Å². The van der Waals surface area contributed by atoms with Crippen LogP contribution >= 0.6 is 0 Å². The Labute approximate surface area is 114 Å². The van der Waals surface area contributed by atoms with Crippen molar-refractivity contribution in [3.63, 3.8) is 0 Å². The molecule has 0 aliphatic rings. The second-order valence-electron chi connectivity index (χ2n) is 4.90. The molecule has 106 valence electrons. The topological polar surface area (TPSA) is 69.6 Å². The first-order valence-electron chi connectivity index (χ1n) is 6.64. The van der Waals surface area contributed by atoms with Crippen molar-refractivity contribution >= 4 is 5.78 Å². The van der Waals surface area contributed by atoms with E-state index in [1.807, 2.05) is 30.3 Å². The fourth-order valence-corrected chi connectivity index (χ4v) is 2.12. The van der Waals surface area contributed by atoms with Gasteiger partial charge in [0.25, 0.3) is 0 Å². The van der Waals surface area contributed by atoms with E-state index in [0.717, 1.165) is 5.56 Å². The molecule has 0 unspecified atom stereocenters. The highest BCUT2D eigenvalue weighted by molar-refractivity contribution is 5.88. The van der Waals surface area contributed by atoms with E-state index in [0.29, 0.717) is 6.54 Å². The quantitative estimate of drug-likeness (QED) is 0.655. The average Bonchev–Trinajstić information content (AvgIpc) is 2.44. The molecule has 0 amide bonds. The molecular formula is C15H23NO3. The van der Waals surface area contributed by atoms with Gasteiger partial charge in [-0.3, -0.25) is 10.1 Å². The number of carbonyl (C=O) groups excluding carboxylic acids is 1. The first-order chi connectivity index (χ1) is 8.87. The second kappa shape index (κ2) is 6.28. The first-order valence-corrected chi connectivity index (χ1v) is 6.64. The normalized spacial score (nSPS) is 17.5. The molecule has 4 nitrogen and oxygen atoms in total. The lowest BCUT2D eigenvalue weighted by molar-refractivity contribution is -0.179. The van der Waals surface area contributed by atoms with E-state index in [-0.39, 0.29) is 18.6 Å². The number of hydrogen-bond acceptors (Lipinski definition) is 4. The molecule has 0 saturated heterocycles. The number of rotatable bonds is 7. The minimum Gasteiger partial charge on any atom is -0.378 e. The summed E-state index contributed by atoms with van der Waals surface area (Å²) in [6, 6.07) is 9.53. The molecule has 4 heteroatoms. The minimum absolute atomic E-state index is 0.161. The summed E-state index contributed by atoms with van der Waals surface area (Å²) >= 11 is 0. The maximum atomic E-state index is 11.9. The van der Waals surface area contributed by atoms with Crippen LogP contribution in [-0.4, -0.2) is 27.3 Å². The van der Waals surface area contributed by atoms with Crippen molar-refractivity contribution < 1.29 is 15.0 Å². The largest absolute Gasteiger partial charge is 0.378 e. The lowest BCUT2D eigenvalue weighted by Crippen LogP contribution is -2.64. The van der Waals surface area contributed by atoms with Crippen molar-refractivity contribution in [3.05, 3.63) is 35.9 Å². The summed E-state index contributed by atoms with van der Waals surface area (Å²) in [5.74, 6) is -0.361. The third-order valence-corrected chi connectivity index (χ3v) is 3.58. The van der Waals surface area contributed by atoms with Crippen LogP contribution in [0.3, 0.4) is 0 Å². The molecule has 1 rings (SSSR count). The fraction of sp³-hybridized carbons (Fsp3) is 0.533. The molecule has 2 atom stereocenters. The number of ketones is 1. The van der Waals surface area contributed by atoms with Gasteiger partial charge in [0, 0.05) is 13.0 Å². The second-order valence-corrected chi connectivity index (χ2v) is 4.90. The highest BCUT2D eigenvalue weighted by atomic mass is 16.4. The third-order valence-electron chi connectivity index (χ3n) is 3.58. The predicted molar refractivity (Wildman–Crippen MR) is 74.4 cm³/mol. The average molecular weight is 265 g/mol. The first kappa shape index (κ1) is 15.8. The van der Waals surface area contributed by atoms with Gasteiger partial charge in [-0.1, -0.05) is 44.2 Å². The van der Waals surface area contributed by atoms with Crippen LogP contribution in [0.25, 0.3) is 0 Å². The van der Waals surface area contributed by atoms with Crippen molar-refractivity contribution in [2.75, 3.05) is 0 Å². The Bertz CT molecular complexity index is 417. The molecule has 0 heterocycles. The molecule has 1 aromatic carbocycles. The van der Waals surface area contributed by atoms with Crippen LogP contribution in [0.1, 0.15) is 39.2 Å². The van der Waals surface area contributed by atoms with Gasteiger partial charge in [0.1, 0.15) is 5.72 Å². The highest BCUT2D eigenvalue weighted by Crippen LogP contribution is 2.26. The monoisotopic (exact) mass is 265 g/mol. The molecule has 0 bridgehead atoms. The summed E-state index contributed by atoms with van der Waals surface area (Å²) in [4.78, 5) is 11.9. The Kier molecular flexibility index (Phi) is 5.23. The molecule has 19 heavy (non-hydrogen) atoms. The molecule has 0 saturated carbocycles. The van der Waals surface area contributed by atoms with Gasteiger partial charge in [-0.25, -0.2) is 0 Å². The lowest BCUT2D eigenvalue weighted by atomic mass is 9.83. The summed E-state index contributed by atoms with van der Waals surface area (Å²) in [6.07, 6.45) is 0.349. The van der Waals surface area contributed by atoms with E-state index in [1.165, 1.54) is 6.92 Å². The van der Waals surface area contributed by atoms with Crippen LogP contribution in [-0.2, 0) is 11.3 Å². The van der Waals surface area contributed by atoms with Crippen molar-refractivity contribution in [2.45, 2.75) is 51.5 Å². The molecule has 3 N–H and O–H groups in total. The summed E-state index contributed by atoms with van der Waals surface area (Å²) in [6.45, 7) is 5.18. The van der Waals surface area contributed by atoms with Gasteiger partial charge >= 0.3 is 0 Å². The number of hydrogen-bond donors (Lipinski definition) is 3. The van der Waals surface area contributed by atoms with Crippen LogP contribution in [0, 0.1) is 0 Å². The smallest absolute Gasteiger partial charge is 0.168 e. The molecule has 0 aromatic heterocycles. The Morgan fingerprint density at radius 1 is 1.21 bits per heavy atom. The van der Waals surface area contributed by atoms with E-state index >= 15 is 0 Å². The van der Waals surface area contributed by atoms with E-state index < -0.39 is 11.3 Å². The molecular weight excluding hydrogens is 242 g/mol. The van der Waals surface area contributed by atoms with Crippen LogP contribution in [0.2, 0.25) is 0 Å². The zero-order valence-electron chi connectivity index (χ0n) is 11.8. The number of aliphatic hydroxyl groups is 2. The zero-order chi connectivity index (χ0) is 14.5. The van der Waals surface area contributed by atoms with Gasteiger partial charge in [0.2, 0.25) is 0 Å². The molecule has 0 fully saturated rings. The van der Waals surface area contributed by atoms with Crippen molar-refractivity contribution in [3.8, 4) is 0 Å². The SMILES string of the molecule is CCC(=O)[C@](O)(CC)[C@](C)(O)NCc1ccccc1. The third kappa shape index (κ3) is 3.41. The number of carbonyl (C=O) groups is 1. The summed E-state index contributed by atoms with van der Waals surface area (Å²) < 4.78 is 0. The summed E-state index contributed by atoms with van der Waals surface area (Å²) in [7, 11) is 0. The fourth-order valence-electron chi connectivity index (χ4n) is 2.12. The number of nitrogens with one attached hydrogen (secondary N) is 1. The maximum Gasteiger partial charge on any atom is 0.168 e. The van der Waals surface area contributed by atoms with E-state index in [2.05, 4.69) is 5.32 Å². The van der Waals surface area contributed by atoms with Crippen molar-refractivity contribution in [2.24, 2.45) is 0 Å². The zero-order valence-corrected chi connectivity index (χ0v) is 11.8. The van der Waals surface area contributed by atoms with E-state index in [9.17, 15) is 15.0 Å². The van der Waals surface area contributed by atoms with Crippen LogP contribution in [0.4, 0.5) is 0 Å². The predicted octanol–water partition coefficient (Wildman–Crippen LogP) is 1.60. The van der Waals surface area contributed by atoms with Gasteiger partial charge in [0.15, 0.2) is 11.4 Å². The number of benzene rings is 1. The van der Waals surface area contributed by atoms with Gasteiger partial charge in [0.05, 0.1) is 0 Å². The van der Waals surface area contributed by atoms with Crippen molar-refractivity contribution in [1.29, 1.82) is 0 Å². The Balaban J connectivity index is 2.81. The van der Waals surface area contributed by atoms with Crippen molar-refractivity contribution in [1.82, 2.24) is 5.32 Å². The van der Waals surface area contributed by atoms with E-state index in [1.54, 1.807) is 13.8 Å². The molecule has 0 aliphatic heterocycles. The maximum absolute atomic E-state index is 11.9.